The van der Waals surface area contributed by atoms with Crippen LogP contribution in [-0.4, -0.2) is 27.1 Å². The third kappa shape index (κ3) is 5.83. The number of carbonyl (C=O) groups excluding carboxylic acids is 1. The summed E-state index contributed by atoms with van der Waals surface area (Å²) < 4.78 is 46.5. The molecule has 10 heteroatoms. The van der Waals surface area contributed by atoms with Gasteiger partial charge in [-0.2, -0.15) is 5.10 Å². The van der Waals surface area contributed by atoms with Crippen molar-refractivity contribution in [2.45, 2.75) is 11.8 Å². The fraction of sp³-hybridized carbons (Fsp3) is 0.0909. The maximum Gasteiger partial charge on any atom is 0.271 e. The standard InChI is InChI=1S/C22H19ClFN3O4S/c1-2-31-17-10-12-18(13-11-17)32(29,30)27-16-8-6-15(7-9-16)22(28)26-25-14-19-20(23)4-3-5-21(19)24/h3-14,27H,2H2,1H3,(H,26,28)/b25-14+. The summed E-state index contributed by atoms with van der Waals surface area (Å²) in [5.41, 5.74) is 2.82. The Hall–Kier alpha value is -3.43. The van der Waals surface area contributed by atoms with Crippen LogP contribution in [-0.2, 0) is 10.0 Å². The highest BCUT2D eigenvalue weighted by Gasteiger charge is 2.15. The molecule has 0 aliphatic rings. The quantitative estimate of drug-likeness (QED) is 0.371. The molecule has 3 aromatic carbocycles. The van der Waals surface area contributed by atoms with E-state index in [0.29, 0.717) is 12.4 Å². The highest BCUT2D eigenvalue weighted by atomic mass is 35.5. The van der Waals surface area contributed by atoms with Gasteiger partial charge >= 0.3 is 0 Å². The van der Waals surface area contributed by atoms with Crippen LogP contribution in [0.15, 0.2) is 76.7 Å². The van der Waals surface area contributed by atoms with Gasteiger partial charge in [0.1, 0.15) is 11.6 Å². The van der Waals surface area contributed by atoms with Crippen molar-refractivity contribution in [3.63, 3.8) is 0 Å². The Kier molecular flexibility index (Phi) is 7.45. The third-order valence-electron chi connectivity index (χ3n) is 4.20. The van der Waals surface area contributed by atoms with E-state index in [1.807, 2.05) is 6.92 Å². The molecule has 2 N–H and O–H groups in total. The van der Waals surface area contributed by atoms with E-state index in [0.717, 1.165) is 6.21 Å². The molecule has 0 saturated carbocycles. The van der Waals surface area contributed by atoms with E-state index >= 15 is 0 Å². The Morgan fingerprint density at radius 2 is 1.78 bits per heavy atom. The molecule has 0 aromatic heterocycles. The summed E-state index contributed by atoms with van der Waals surface area (Å²) in [6.45, 7) is 2.31. The second-order valence-corrected chi connectivity index (χ2v) is 8.51. The largest absolute Gasteiger partial charge is 0.494 e. The first-order chi connectivity index (χ1) is 15.3. The minimum atomic E-state index is -3.81. The van der Waals surface area contributed by atoms with Gasteiger partial charge in [-0.25, -0.2) is 18.2 Å². The number of hydrogen-bond acceptors (Lipinski definition) is 5. The molecule has 1 amide bonds. The van der Waals surface area contributed by atoms with Gasteiger partial charge in [0.25, 0.3) is 15.9 Å². The van der Waals surface area contributed by atoms with Gasteiger partial charge in [-0.3, -0.25) is 9.52 Å². The molecule has 3 rings (SSSR count). The van der Waals surface area contributed by atoms with Gasteiger partial charge in [0.05, 0.1) is 22.7 Å². The van der Waals surface area contributed by atoms with Crippen LogP contribution in [0.1, 0.15) is 22.8 Å². The van der Waals surface area contributed by atoms with Crippen LogP contribution in [0.25, 0.3) is 0 Å². The van der Waals surface area contributed by atoms with Gasteiger partial charge < -0.3 is 4.74 Å². The molecular weight excluding hydrogens is 457 g/mol. The molecule has 0 spiro atoms. The van der Waals surface area contributed by atoms with Gasteiger partial charge in [0.15, 0.2) is 0 Å². The highest BCUT2D eigenvalue weighted by molar-refractivity contribution is 7.92. The molecule has 3 aromatic rings. The van der Waals surface area contributed by atoms with Gasteiger partial charge in [-0.1, -0.05) is 17.7 Å². The zero-order valence-electron chi connectivity index (χ0n) is 16.9. The summed E-state index contributed by atoms with van der Waals surface area (Å²) in [5.74, 6) is -0.559. The van der Waals surface area contributed by atoms with Crippen molar-refractivity contribution >= 4 is 39.4 Å². The number of nitrogens with one attached hydrogen (secondary N) is 2. The van der Waals surface area contributed by atoms with Gasteiger partial charge in [0.2, 0.25) is 0 Å². The van der Waals surface area contributed by atoms with Gasteiger partial charge in [0, 0.05) is 16.8 Å². The molecular formula is C22H19ClFN3O4S. The summed E-state index contributed by atoms with van der Waals surface area (Å²) in [4.78, 5) is 12.3. The minimum Gasteiger partial charge on any atom is -0.494 e. The van der Waals surface area contributed by atoms with Crippen LogP contribution in [0.3, 0.4) is 0 Å². The second kappa shape index (κ2) is 10.3. The predicted octanol–water partition coefficient (Wildman–Crippen LogP) is 4.44. The van der Waals surface area contributed by atoms with Crippen molar-refractivity contribution in [3.8, 4) is 5.75 Å². The van der Waals surface area contributed by atoms with Crippen LogP contribution in [0.2, 0.25) is 5.02 Å². The van der Waals surface area contributed by atoms with E-state index in [1.54, 1.807) is 12.1 Å². The number of carbonyl (C=O) groups is 1. The lowest BCUT2D eigenvalue weighted by atomic mass is 10.2. The molecule has 0 bridgehead atoms. The molecule has 0 radical (unpaired) electrons. The summed E-state index contributed by atoms with van der Waals surface area (Å²) >= 11 is 5.89. The number of sulfonamides is 1. The molecule has 166 valence electrons. The first-order valence-electron chi connectivity index (χ1n) is 9.43. The normalized spacial score (nSPS) is 11.3. The van der Waals surface area contributed by atoms with Crippen molar-refractivity contribution < 1.29 is 22.3 Å². The van der Waals surface area contributed by atoms with Crippen LogP contribution in [0.4, 0.5) is 10.1 Å². The Morgan fingerprint density at radius 3 is 2.41 bits per heavy atom. The summed E-state index contributed by atoms with van der Waals surface area (Å²) in [6, 6.07) is 15.9. The van der Waals surface area contributed by atoms with E-state index in [-0.39, 0.29) is 26.7 Å². The Balaban J connectivity index is 1.64. The number of hydrogen-bond donors (Lipinski definition) is 2. The number of nitrogens with zero attached hydrogens (tertiary/aromatic N) is 1. The average Bonchev–Trinajstić information content (AvgIpc) is 2.76. The van der Waals surface area contributed by atoms with Gasteiger partial charge in [-0.05, 0) is 67.6 Å². The van der Waals surface area contributed by atoms with Crippen LogP contribution >= 0.6 is 11.6 Å². The van der Waals surface area contributed by atoms with E-state index in [4.69, 9.17) is 16.3 Å². The maximum atomic E-state index is 13.7. The van der Waals surface area contributed by atoms with Crippen molar-refractivity contribution in [2.75, 3.05) is 11.3 Å². The zero-order valence-corrected chi connectivity index (χ0v) is 18.5. The maximum absolute atomic E-state index is 13.7. The van der Waals surface area contributed by atoms with E-state index in [2.05, 4.69) is 15.2 Å². The van der Waals surface area contributed by atoms with Crippen molar-refractivity contribution in [3.05, 3.63) is 88.7 Å². The lowest BCUT2D eigenvalue weighted by molar-refractivity contribution is 0.0955. The average molecular weight is 476 g/mol. The van der Waals surface area contributed by atoms with Crippen molar-refractivity contribution in [1.29, 1.82) is 0 Å². The minimum absolute atomic E-state index is 0.0495. The number of hydrazone groups is 1. The molecule has 0 aliphatic carbocycles. The van der Waals surface area contributed by atoms with E-state index < -0.39 is 21.7 Å². The molecule has 7 nitrogen and oxygen atoms in total. The SMILES string of the molecule is CCOc1ccc(S(=O)(=O)Nc2ccc(C(=O)N/N=C/c3c(F)cccc3Cl)cc2)cc1. The van der Waals surface area contributed by atoms with E-state index in [9.17, 15) is 17.6 Å². The smallest absolute Gasteiger partial charge is 0.271 e. The Labute approximate surface area is 189 Å². The highest BCUT2D eigenvalue weighted by Crippen LogP contribution is 2.20. The molecule has 0 atom stereocenters. The first kappa shape index (κ1) is 23.2. The first-order valence-corrected chi connectivity index (χ1v) is 11.3. The zero-order chi connectivity index (χ0) is 23.1. The molecule has 0 unspecified atom stereocenters. The monoisotopic (exact) mass is 475 g/mol. The lowest BCUT2D eigenvalue weighted by Gasteiger charge is -2.09. The molecule has 0 heterocycles. The summed E-state index contributed by atoms with van der Waals surface area (Å²) in [7, 11) is -3.81. The molecule has 0 aliphatic heterocycles. The predicted molar refractivity (Wildman–Crippen MR) is 121 cm³/mol. The molecule has 32 heavy (non-hydrogen) atoms. The lowest BCUT2D eigenvalue weighted by Crippen LogP contribution is -2.18. The topological polar surface area (TPSA) is 96.9 Å². The van der Waals surface area contributed by atoms with Crippen LogP contribution in [0.5, 0.6) is 5.75 Å². The number of rotatable bonds is 8. The second-order valence-electron chi connectivity index (χ2n) is 6.42. The molecule has 0 saturated heterocycles. The van der Waals surface area contributed by atoms with E-state index in [1.165, 1.54) is 54.6 Å². The summed E-state index contributed by atoms with van der Waals surface area (Å²) in [5, 5.41) is 3.87. The Morgan fingerprint density at radius 1 is 1.09 bits per heavy atom. The Bertz CT molecular complexity index is 1210. The summed E-state index contributed by atoms with van der Waals surface area (Å²) in [6.07, 6.45) is 1.11. The van der Waals surface area contributed by atoms with Crippen LogP contribution in [0, 0.1) is 5.82 Å². The fourth-order valence-corrected chi connectivity index (χ4v) is 3.91. The number of amides is 1. The number of ether oxygens (including phenoxy) is 1. The van der Waals surface area contributed by atoms with Crippen LogP contribution < -0.4 is 14.9 Å². The van der Waals surface area contributed by atoms with Crippen molar-refractivity contribution in [1.82, 2.24) is 5.43 Å². The number of benzene rings is 3. The third-order valence-corrected chi connectivity index (χ3v) is 5.93. The number of halogens is 2. The fourth-order valence-electron chi connectivity index (χ4n) is 2.64. The molecule has 0 fully saturated rings. The number of anilines is 1. The van der Waals surface area contributed by atoms with Crippen molar-refractivity contribution in [2.24, 2.45) is 5.10 Å². The van der Waals surface area contributed by atoms with Gasteiger partial charge in [-0.15, -0.1) is 0 Å².